The number of aryl methyl sites for hydroxylation is 1. The van der Waals surface area contributed by atoms with E-state index >= 15 is 0 Å². The number of carbonyl (C=O) groups excluding carboxylic acids is 1. The summed E-state index contributed by atoms with van der Waals surface area (Å²) in [6.07, 6.45) is 0. The lowest BCUT2D eigenvalue weighted by molar-refractivity contribution is -0.115. The number of thioether (sulfide) groups is 1. The summed E-state index contributed by atoms with van der Waals surface area (Å²) in [5.41, 5.74) is 1.50. The van der Waals surface area contributed by atoms with Crippen molar-refractivity contribution in [3.05, 3.63) is 70.8 Å². The van der Waals surface area contributed by atoms with Gasteiger partial charge in [-0.1, -0.05) is 53.7 Å². The van der Waals surface area contributed by atoms with Crippen LogP contribution in [0.1, 0.15) is 18.3 Å². The first kappa shape index (κ1) is 19.4. The van der Waals surface area contributed by atoms with Crippen molar-refractivity contribution in [1.29, 1.82) is 0 Å². The Morgan fingerprint density at radius 1 is 1.26 bits per heavy atom. The van der Waals surface area contributed by atoms with E-state index in [9.17, 15) is 9.18 Å². The van der Waals surface area contributed by atoms with E-state index in [4.69, 9.17) is 11.6 Å². The Morgan fingerprint density at radius 3 is 2.70 bits per heavy atom. The number of rotatable bonds is 6. The second kappa shape index (κ2) is 8.54. The Labute approximate surface area is 166 Å². The standard InChI is InChI=1S/C19H18ClFN4OS/c1-12(18(26)22-17-9-8-15(21)10-16(17)20)27-19-24-23-13(2)25(19)11-14-6-4-3-5-7-14/h3-10,12H,11H2,1-2H3,(H,22,26)/t12-/m1/s1. The van der Waals surface area contributed by atoms with Crippen molar-refractivity contribution in [2.75, 3.05) is 5.32 Å². The molecule has 0 aliphatic rings. The molecule has 0 radical (unpaired) electrons. The topological polar surface area (TPSA) is 59.8 Å². The maximum absolute atomic E-state index is 13.1. The van der Waals surface area contributed by atoms with Crippen LogP contribution in [0.5, 0.6) is 0 Å². The molecule has 8 heteroatoms. The molecule has 1 atom stereocenters. The number of nitrogens with zero attached hydrogens (tertiary/aromatic N) is 3. The zero-order valence-corrected chi connectivity index (χ0v) is 16.4. The highest BCUT2D eigenvalue weighted by Gasteiger charge is 2.20. The highest BCUT2D eigenvalue weighted by atomic mass is 35.5. The summed E-state index contributed by atoms with van der Waals surface area (Å²) >= 11 is 7.28. The monoisotopic (exact) mass is 404 g/mol. The Kier molecular flexibility index (Phi) is 6.13. The van der Waals surface area contributed by atoms with Crippen LogP contribution in [0.4, 0.5) is 10.1 Å². The maximum Gasteiger partial charge on any atom is 0.237 e. The van der Waals surface area contributed by atoms with Gasteiger partial charge in [0.15, 0.2) is 5.16 Å². The van der Waals surface area contributed by atoms with Crippen molar-refractivity contribution in [1.82, 2.24) is 14.8 Å². The van der Waals surface area contributed by atoms with Crippen LogP contribution in [0.2, 0.25) is 5.02 Å². The minimum Gasteiger partial charge on any atom is -0.324 e. The van der Waals surface area contributed by atoms with Gasteiger partial charge in [-0.15, -0.1) is 10.2 Å². The van der Waals surface area contributed by atoms with E-state index in [0.29, 0.717) is 17.4 Å². The number of hydrogen-bond acceptors (Lipinski definition) is 4. The molecule has 1 amide bonds. The number of carbonyl (C=O) groups is 1. The molecule has 140 valence electrons. The third-order valence-electron chi connectivity index (χ3n) is 3.93. The number of hydrogen-bond donors (Lipinski definition) is 1. The molecule has 2 aromatic carbocycles. The molecular formula is C19H18ClFN4OS. The second-order valence-corrected chi connectivity index (χ2v) is 7.69. The molecule has 0 saturated carbocycles. The largest absolute Gasteiger partial charge is 0.324 e. The Hall–Kier alpha value is -2.38. The zero-order chi connectivity index (χ0) is 19.4. The van der Waals surface area contributed by atoms with Crippen molar-refractivity contribution >= 4 is 35.0 Å². The van der Waals surface area contributed by atoms with E-state index in [1.54, 1.807) is 6.92 Å². The molecule has 1 heterocycles. The normalized spacial score (nSPS) is 12.0. The van der Waals surface area contributed by atoms with Crippen LogP contribution in [-0.2, 0) is 11.3 Å². The Morgan fingerprint density at radius 2 is 2.00 bits per heavy atom. The van der Waals surface area contributed by atoms with Gasteiger partial charge in [0.1, 0.15) is 11.6 Å². The van der Waals surface area contributed by atoms with Crippen molar-refractivity contribution in [2.45, 2.75) is 30.8 Å². The van der Waals surface area contributed by atoms with Gasteiger partial charge in [0.2, 0.25) is 5.91 Å². The van der Waals surface area contributed by atoms with Crippen LogP contribution in [-0.4, -0.2) is 25.9 Å². The number of amides is 1. The van der Waals surface area contributed by atoms with E-state index in [1.165, 1.54) is 23.9 Å². The molecule has 5 nitrogen and oxygen atoms in total. The quantitative estimate of drug-likeness (QED) is 0.612. The fraction of sp³-hybridized carbons (Fsp3) is 0.211. The number of aromatic nitrogens is 3. The third kappa shape index (κ3) is 4.87. The molecule has 3 rings (SSSR count). The predicted molar refractivity (Wildman–Crippen MR) is 106 cm³/mol. The second-order valence-electron chi connectivity index (χ2n) is 5.98. The molecule has 27 heavy (non-hydrogen) atoms. The zero-order valence-electron chi connectivity index (χ0n) is 14.8. The van der Waals surface area contributed by atoms with Crippen LogP contribution >= 0.6 is 23.4 Å². The number of halogens is 2. The Bertz CT molecular complexity index is 948. The fourth-order valence-corrected chi connectivity index (χ4v) is 3.54. The minimum absolute atomic E-state index is 0.156. The van der Waals surface area contributed by atoms with Gasteiger partial charge < -0.3 is 9.88 Å². The molecule has 1 aromatic heterocycles. The third-order valence-corrected chi connectivity index (χ3v) is 5.32. The van der Waals surface area contributed by atoms with E-state index < -0.39 is 11.1 Å². The van der Waals surface area contributed by atoms with Gasteiger partial charge >= 0.3 is 0 Å². The van der Waals surface area contributed by atoms with Gasteiger partial charge in [-0.05, 0) is 37.6 Å². The van der Waals surface area contributed by atoms with Crippen molar-refractivity contribution in [3.8, 4) is 0 Å². The molecule has 0 spiro atoms. The van der Waals surface area contributed by atoms with Crippen LogP contribution in [0.15, 0.2) is 53.7 Å². The van der Waals surface area contributed by atoms with Gasteiger partial charge in [0, 0.05) is 0 Å². The summed E-state index contributed by atoms with van der Waals surface area (Å²) in [5.74, 6) is 0.0703. The van der Waals surface area contributed by atoms with E-state index in [2.05, 4.69) is 15.5 Å². The molecule has 0 saturated heterocycles. The van der Waals surface area contributed by atoms with Crippen LogP contribution < -0.4 is 5.32 Å². The molecule has 0 bridgehead atoms. The summed E-state index contributed by atoms with van der Waals surface area (Å²) in [5, 5.41) is 11.4. The smallest absolute Gasteiger partial charge is 0.237 e. The first-order valence-electron chi connectivity index (χ1n) is 8.30. The number of benzene rings is 2. The van der Waals surface area contributed by atoms with Gasteiger partial charge in [-0.3, -0.25) is 4.79 Å². The fourth-order valence-electron chi connectivity index (χ4n) is 2.43. The molecule has 0 aliphatic heterocycles. The number of nitrogens with one attached hydrogen (secondary N) is 1. The molecular weight excluding hydrogens is 387 g/mol. The van der Waals surface area contributed by atoms with Crippen molar-refractivity contribution in [2.24, 2.45) is 0 Å². The SMILES string of the molecule is Cc1nnc(S[C@H](C)C(=O)Nc2ccc(F)cc2Cl)n1Cc1ccccc1. The van der Waals surface area contributed by atoms with Gasteiger partial charge in [0.25, 0.3) is 0 Å². The lowest BCUT2D eigenvalue weighted by Crippen LogP contribution is -2.23. The van der Waals surface area contributed by atoms with Crippen LogP contribution in [0, 0.1) is 12.7 Å². The Balaban J connectivity index is 1.70. The van der Waals surface area contributed by atoms with E-state index in [1.807, 2.05) is 41.8 Å². The molecule has 0 fully saturated rings. The summed E-state index contributed by atoms with van der Waals surface area (Å²) in [6.45, 7) is 4.28. The number of anilines is 1. The van der Waals surface area contributed by atoms with Crippen LogP contribution in [0.25, 0.3) is 0 Å². The van der Waals surface area contributed by atoms with E-state index in [-0.39, 0.29) is 10.9 Å². The average Bonchev–Trinajstić information content (AvgIpc) is 2.98. The molecule has 0 aliphatic carbocycles. The highest BCUT2D eigenvalue weighted by molar-refractivity contribution is 8.00. The van der Waals surface area contributed by atoms with Crippen molar-refractivity contribution in [3.63, 3.8) is 0 Å². The average molecular weight is 405 g/mol. The minimum atomic E-state index is -0.454. The first-order valence-corrected chi connectivity index (χ1v) is 9.56. The van der Waals surface area contributed by atoms with Gasteiger partial charge in [0.05, 0.1) is 22.5 Å². The maximum atomic E-state index is 13.1. The summed E-state index contributed by atoms with van der Waals surface area (Å²) in [4.78, 5) is 12.5. The predicted octanol–water partition coefficient (Wildman–Crippen LogP) is 4.55. The highest BCUT2D eigenvalue weighted by Crippen LogP contribution is 2.26. The summed E-state index contributed by atoms with van der Waals surface area (Å²) in [7, 11) is 0. The summed E-state index contributed by atoms with van der Waals surface area (Å²) < 4.78 is 15.1. The van der Waals surface area contributed by atoms with E-state index in [0.717, 1.165) is 17.5 Å². The van der Waals surface area contributed by atoms with Gasteiger partial charge in [-0.25, -0.2) is 4.39 Å². The van der Waals surface area contributed by atoms with Gasteiger partial charge in [-0.2, -0.15) is 0 Å². The lowest BCUT2D eigenvalue weighted by Gasteiger charge is -2.14. The molecule has 3 aromatic rings. The summed E-state index contributed by atoms with van der Waals surface area (Å²) in [6, 6.07) is 13.8. The lowest BCUT2D eigenvalue weighted by atomic mass is 10.2. The molecule has 1 N–H and O–H groups in total. The van der Waals surface area contributed by atoms with Crippen LogP contribution in [0.3, 0.4) is 0 Å². The molecule has 0 unspecified atom stereocenters. The van der Waals surface area contributed by atoms with Crippen molar-refractivity contribution < 1.29 is 9.18 Å². The first-order chi connectivity index (χ1) is 12.9.